The summed E-state index contributed by atoms with van der Waals surface area (Å²) < 4.78 is 4.74. The van der Waals surface area contributed by atoms with Crippen LogP contribution in [-0.2, 0) is 9.53 Å². The summed E-state index contributed by atoms with van der Waals surface area (Å²) in [6, 6.07) is 7.92. The molecule has 2 N–H and O–H groups in total. The van der Waals surface area contributed by atoms with Gasteiger partial charge in [0, 0.05) is 7.11 Å². The van der Waals surface area contributed by atoms with E-state index in [4.69, 9.17) is 9.84 Å². The number of nitrogens with one attached hydrogen (secondary N) is 1. The van der Waals surface area contributed by atoms with Gasteiger partial charge in [-0.1, -0.05) is 18.2 Å². The minimum Gasteiger partial charge on any atom is -0.480 e. The highest BCUT2D eigenvalue weighted by atomic mass is 16.5. The molecule has 8 heteroatoms. The van der Waals surface area contributed by atoms with Crippen molar-refractivity contribution in [3.63, 3.8) is 0 Å². The van der Waals surface area contributed by atoms with Gasteiger partial charge in [0.25, 0.3) is 5.91 Å². The van der Waals surface area contributed by atoms with Crippen LogP contribution in [-0.4, -0.2) is 51.7 Å². The van der Waals surface area contributed by atoms with E-state index in [1.165, 1.54) is 18.1 Å². The molecule has 0 fully saturated rings. The molecule has 0 saturated carbocycles. The van der Waals surface area contributed by atoms with E-state index in [1.54, 1.807) is 12.1 Å². The number of hydrogen-bond donors (Lipinski definition) is 2. The number of hydrogen-bond acceptors (Lipinski definition) is 5. The lowest BCUT2D eigenvalue weighted by atomic mass is 10.3. The average molecular weight is 290 g/mol. The molecule has 21 heavy (non-hydrogen) atoms. The molecule has 8 nitrogen and oxygen atoms in total. The molecule has 2 rings (SSSR count). The largest absolute Gasteiger partial charge is 0.480 e. The van der Waals surface area contributed by atoms with Gasteiger partial charge in [0.2, 0.25) is 0 Å². The van der Waals surface area contributed by atoms with Crippen LogP contribution in [0.15, 0.2) is 36.5 Å². The maximum Gasteiger partial charge on any atom is 0.328 e. The van der Waals surface area contributed by atoms with Crippen LogP contribution < -0.4 is 5.32 Å². The van der Waals surface area contributed by atoms with E-state index in [0.717, 1.165) is 0 Å². The third-order valence-electron chi connectivity index (χ3n) is 2.65. The summed E-state index contributed by atoms with van der Waals surface area (Å²) in [6.45, 7) is -0.131. The Morgan fingerprint density at radius 3 is 2.71 bits per heavy atom. The van der Waals surface area contributed by atoms with Crippen molar-refractivity contribution in [2.24, 2.45) is 0 Å². The van der Waals surface area contributed by atoms with Crippen molar-refractivity contribution in [1.29, 1.82) is 0 Å². The minimum atomic E-state index is -1.18. The fourth-order valence-electron chi connectivity index (χ4n) is 1.63. The molecule has 0 radical (unpaired) electrons. The van der Waals surface area contributed by atoms with E-state index in [2.05, 4.69) is 15.5 Å². The van der Waals surface area contributed by atoms with Gasteiger partial charge >= 0.3 is 5.97 Å². The lowest BCUT2D eigenvalue weighted by molar-refractivity contribution is -0.140. The number of methoxy groups -OCH3 is 1. The molecule has 1 atom stereocenters. The lowest BCUT2D eigenvalue weighted by Gasteiger charge is -2.11. The zero-order valence-electron chi connectivity index (χ0n) is 11.3. The number of aromatic nitrogens is 3. The fourth-order valence-corrected chi connectivity index (χ4v) is 1.63. The van der Waals surface area contributed by atoms with Crippen molar-refractivity contribution in [3.05, 3.63) is 42.2 Å². The van der Waals surface area contributed by atoms with Gasteiger partial charge in [-0.2, -0.15) is 9.90 Å². The van der Waals surface area contributed by atoms with Crippen molar-refractivity contribution < 1.29 is 19.4 Å². The van der Waals surface area contributed by atoms with Crippen molar-refractivity contribution in [3.8, 4) is 5.69 Å². The fraction of sp³-hybridized carbons (Fsp3) is 0.231. The first-order valence-electron chi connectivity index (χ1n) is 6.12. The Labute approximate surface area is 120 Å². The van der Waals surface area contributed by atoms with E-state index < -0.39 is 17.9 Å². The average Bonchev–Trinajstić information content (AvgIpc) is 2.97. The SMILES string of the molecule is COCC(NC(=O)c1cnn(-c2ccccc2)n1)C(=O)O. The molecule has 0 aliphatic heterocycles. The number of benzene rings is 1. The molecular weight excluding hydrogens is 276 g/mol. The highest BCUT2D eigenvalue weighted by Gasteiger charge is 2.22. The molecule has 0 aliphatic rings. The summed E-state index contributed by atoms with van der Waals surface area (Å²) in [5.74, 6) is -1.80. The first-order chi connectivity index (χ1) is 10.1. The summed E-state index contributed by atoms with van der Waals surface area (Å²) >= 11 is 0. The Morgan fingerprint density at radius 2 is 2.10 bits per heavy atom. The number of carboxylic acids is 1. The van der Waals surface area contributed by atoms with Crippen LogP contribution in [0.3, 0.4) is 0 Å². The zero-order chi connectivity index (χ0) is 15.2. The third kappa shape index (κ3) is 3.63. The van der Waals surface area contributed by atoms with Crippen LogP contribution in [0.5, 0.6) is 0 Å². The first-order valence-corrected chi connectivity index (χ1v) is 6.12. The molecule has 1 heterocycles. The van der Waals surface area contributed by atoms with Crippen LogP contribution in [0, 0.1) is 0 Å². The van der Waals surface area contributed by atoms with Crippen molar-refractivity contribution in [2.45, 2.75) is 6.04 Å². The second kappa shape index (κ2) is 6.62. The van der Waals surface area contributed by atoms with E-state index in [0.29, 0.717) is 5.69 Å². The molecule has 1 aromatic heterocycles. The Balaban J connectivity index is 2.10. The van der Waals surface area contributed by atoms with Gasteiger partial charge in [0.05, 0.1) is 18.5 Å². The maximum atomic E-state index is 11.9. The van der Waals surface area contributed by atoms with Crippen LogP contribution in [0.1, 0.15) is 10.5 Å². The molecular formula is C13H14N4O4. The minimum absolute atomic E-state index is 0.0289. The van der Waals surface area contributed by atoms with Gasteiger partial charge in [-0.15, -0.1) is 5.10 Å². The number of aliphatic carboxylic acids is 1. The third-order valence-corrected chi connectivity index (χ3v) is 2.65. The van der Waals surface area contributed by atoms with Gasteiger partial charge in [-0.25, -0.2) is 4.79 Å². The number of amides is 1. The molecule has 0 aliphatic carbocycles. The predicted octanol–water partition coefficient (Wildman–Crippen LogP) is 0.0967. The quantitative estimate of drug-likeness (QED) is 0.781. The van der Waals surface area contributed by atoms with Crippen molar-refractivity contribution in [2.75, 3.05) is 13.7 Å². The van der Waals surface area contributed by atoms with E-state index in [9.17, 15) is 9.59 Å². The Kier molecular flexibility index (Phi) is 4.62. The monoisotopic (exact) mass is 290 g/mol. The second-order valence-corrected chi connectivity index (χ2v) is 4.17. The zero-order valence-corrected chi connectivity index (χ0v) is 11.3. The number of ether oxygens (including phenoxy) is 1. The Hall–Kier alpha value is -2.74. The second-order valence-electron chi connectivity index (χ2n) is 4.17. The normalized spacial score (nSPS) is 11.9. The summed E-state index contributed by atoms with van der Waals surface area (Å²) in [5.41, 5.74) is 0.726. The van der Waals surface area contributed by atoms with Gasteiger partial charge in [-0.3, -0.25) is 4.79 Å². The number of rotatable bonds is 6. The topological polar surface area (TPSA) is 106 Å². The smallest absolute Gasteiger partial charge is 0.328 e. The highest BCUT2D eigenvalue weighted by molar-refractivity contribution is 5.94. The molecule has 110 valence electrons. The Morgan fingerprint density at radius 1 is 1.38 bits per heavy atom. The highest BCUT2D eigenvalue weighted by Crippen LogP contribution is 2.04. The molecule has 1 amide bonds. The molecule has 2 aromatic rings. The summed E-state index contributed by atoms with van der Waals surface area (Å²) in [4.78, 5) is 24.2. The number of nitrogens with zero attached hydrogens (tertiary/aromatic N) is 3. The molecule has 1 aromatic carbocycles. The van der Waals surface area contributed by atoms with Gasteiger partial charge in [-0.05, 0) is 12.1 Å². The van der Waals surface area contributed by atoms with Crippen LogP contribution in [0.2, 0.25) is 0 Å². The van der Waals surface area contributed by atoms with Gasteiger partial charge < -0.3 is 15.2 Å². The van der Waals surface area contributed by atoms with Gasteiger partial charge in [0.1, 0.15) is 0 Å². The molecule has 0 bridgehead atoms. The molecule has 0 saturated heterocycles. The van der Waals surface area contributed by atoms with Gasteiger partial charge in [0.15, 0.2) is 11.7 Å². The van der Waals surface area contributed by atoms with Crippen molar-refractivity contribution in [1.82, 2.24) is 20.3 Å². The van der Waals surface area contributed by atoms with Crippen LogP contribution in [0.4, 0.5) is 0 Å². The number of carbonyl (C=O) groups is 2. The summed E-state index contributed by atoms with van der Waals surface area (Å²) in [5, 5.41) is 19.3. The first kappa shape index (κ1) is 14.7. The summed E-state index contributed by atoms with van der Waals surface area (Å²) in [7, 11) is 1.35. The Bertz CT molecular complexity index is 626. The van der Waals surface area contributed by atoms with Crippen LogP contribution in [0.25, 0.3) is 5.69 Å². The maximum absolute atomic E-state index is 11.9. The van der Waals surface area contributed by atoms with E-state index >= 15 is 0 Å². The summed E-state index contributed by atoms with van der Waals surface area (Å²) in [6.07, 6.45) is 1.27. The lowest BCUT2D eigenvalue weighted by Crippen LogP contribution is -2.44. The predicted molar refractivity (Wildman–Crippen MR) is 72.1 cm³/mol. The number of carboxylic acid groups (broad SMARTS) is 1. The van der Waals surface area contributed by atoms with Crippen LogP contribution >= 0.6 is 0 Å². The standard InChI is InChI=1S/C13H14N4O4/c1-21-8-11(13(19)20)15-12(18)10-7-14-17(16-10)9-5-3-2-4-6-9/h2-7,11H,8H2,1H3,(H,15,18)(H,19,20). The van der Waals surface area contributed by atoms with E-state index in [-0.39, 0.29) is 12.3 Å². The number of para-hydroxylation sites is 1. The van der Waals surface area contributed by atoms with E-state index in [1.807, 2.05) is 18.2 Å². The number of carbonyl (C=O) groups excluding carboxylic acids is 1. The van der Waals surface area contributed by atoms with Crippen molar-refractivity contribution >= 4 is 11.9 Å². The molecule has 0 spiro atoms. The molecule has 1 unspecified atom stereocenters.